The maximum atomic E-state index is 12.8. The van der Waals surface area contributed by atoms with Gasteiger partial charge < -0.3 is 0 Å². The molecule has 0 radical (unpaired) electrons. The van der Waals surface area contributed by atoms with Crippen molar-refractivity contribution in [3.63, 3.8) is 0 Å². The van der Waals surface area contributed by atoms with Crippen molar-refractivity contribution in [3.05, 3.63) is 34.6 Å². The Hall–Kier alpha value is -1.03. The molecule has 0 aliphatic heterocycles. The van der Waals surface area contributed by atoms with Crippen molar-refractivity contribution < 1.29 is 13.2 Å². The summed E-state index contributed by atoms with van der Waals surface area (Å²) in [5.41, 5.74) is 0.208. The standard InChI is InChI=1S/C12H11ClF3N/c13-11-6-9(8-4-2-1-3-5-8)10(7-17-11)12(14,15)16/h4,6-7H,1-3,5H2. The first-order valence-electron chi connectivity index (χ1n) is 5.40. The van der Waals surface area contributed by atoms with Gasteiger partial charge in [0.2, 0.25) is 0 Å². The van der Waals surface area contributed by atoms with Crippen molar-refractivity contribution in [3.8, 4) is 0 Å². The van der Waals surface area contributed by atoms with Gasteiger partial charge in [0.1, 0.15) is 5.15 Å². The van der Waals surface area contributed by atoms with Crippen molar-refractivity contribution >= 4 is 17.2 Å². The molecule has 0 saturated carbocycles. The fourth-order valence-electron chi connectivity index (χ4n) is 2.00. The van der Waals surface area contributed by atoms with Gasteiger partial charge in [-0.15, -0.1) is 0 Å². The molecule has 1 nitrogen and oxygen atoms in total. The van der Waals surface area contributed by atoms with Crippen LogP contribution in [0.25, 0.3) is 5.57 Å². The second-order valence-electron chi connectivity index (χ2n) is 4.03. The van der Waals surface area contributed by atoms with Crippen LogP contribution in [0.2, 0.25) is 5.15 Å². The lowest BCUT2D eigenvalue weighted by Gasteiger charge is -2.18. The maximum absolute atomic E-state index is 12.8. The van der Waals surface area contributed by atoms with Gasteiger partial charge in [-0.3, -0.25) is 0 Å². The zero-order chi connectivity index (χ0) is 12.5. The number of allylic oxidation sites excluding steroid dienone is 2. The van der Waals surface area contributed by atoms with E-state index in [4.69, 9.17) is 11.6 Å². The van der Waals surface area contributed by atoms with Crippen LogP contribution in [0.15, 0.2) is 18.3 Å². The second-order valence-corrected chi connectivity index (χ2v) is 4.41. The fourth-order valence-corrected chi connectivity index (χ4v) is 2.16. The average Bonchev–Trinajstić information content (AvgIpc) is 2.28. The van der Waals surface area contributed by atoms with Crippen LogP contribution in [-0.4, -0.2) is 4.98 Å². The number of halogens is 4. The number of rotatable bonds is 1. The maximum Gasteiger partial charge on any atom is 0.418 e. The smallest absolute Gasteiger partial charge is 0.244 e. The molecule has 1 aromatic rings. The van der Waals surface area contributed by atoms with E-state index in [1.807, 2.05) is 6.08 Å². The number of pyridine rings is 1. The highest BCUT2D eigenvalue weighted by molar-refractivity contribution is 6.29. The van der Waals surface area contributed by atoms with E-state index < -0.39 is 11.7 Å². The Labute approximate surface area is 102 Å². The highest BCUT2D eigenvalue weighted by Crippen LogP contribution is 2.38. The molecular weight excluding hydrogens is 251 g/mol. The molecule has 1 heterocycles. The zero-order valence-corrected chi connectivity index (χ0v) is 9.78. The predicted octanol–water partition coefficient (Wildman–Crippen LogP) is 4.71. The van der Waals surface area contributed by atoms with Gasteiger partial charge in [0.05, 0.1) is 5.56 Å². The molecule has 92 valence electrons. The van der Waals surface area contributed by atoms with Crippen LogP contribution in [0.4, 0.5) is 13.2 Å². The Bertz CT molecular complexity index is 452. The minimum absolute atomic E-state index is 0.0967. The van der Waals surface area contributed by atoms with Gasteiger partial charge in [-0.25, -0.2) is 4.98 Å². The van der Waals surface area contributed by atoms with E-state index in [-0.39, 0.29) is 10.7 Å². The monoisotopic (exact) mass is 261 g/mol. The minimum Gasteiger partial charge on any atom is -0.244 e. The molecule has 2 rings (SSSR count). The summed E-state index contributed by atoms with van der Waals surface area (Å²) in [6.45, 7) is 0. The van der Waals surface area contributed by atoms with E-state index in [0.717, 1.165) is 31.0 Å². The SMILES string of the molecule is FC(F)(F)c1cnc(Cl)cc1C1=CCCCC1. The third kappa shape index (κ3) is 2.80. The molecule has 0 saturated heterocycles. The number of hydrogen-bond donors (Lipinski definition) is 0. The summed E-state index contributed by atoms with van der Waals surface area (Å²) in [4.78, 5) is 3.52. The van der Waals surface area contributed by atoms with Gasteiger partial charge in [0, 0.05) is 6.20 Å². The highest BCUT2D eigenvalue weighted by atomic mass is 35.5. The molecule has 0 spiro atoms. The summed E-state index contributed by atoms with van der Waals surface area (Å²) in [7, 11) is 0. The van der Waals surface area contributed by atoms with Crippen LogP contribution >= 0.6 is 11.6 Å². The summed E-state index contributed by atoms with van der Waals surface area (Å²) in [5, 5.41) is 0.0967. The predicted molar refractivity (Wildman–Crippen MR) is 60.7 cm³/mol. The van der Waals surface area contributed by atoms with E-state index >= 15 is 0 Å². The molecular formula is C12H11ClF3N. The number of aromatic nitrogens is 1. The summed E-state index contributed by atoms with van der Waals surface area (Å²) in [6, 6.07) is 1.31. The third-order valence-corrected chi connectivity index (χ3v) is 3.02. The van der Waals surface area contributed by atoms with Crippen molar-refractivity contribution in [1.29, 1.82) is 0 Å². The first-order valence-corrected chi connectivity index (χ1v) is 5.78. The molecule has 1 aliphatic carbocycles. The Morgan fingerprint density at radius 1 is 1.24 bits per heavy atom. The summed E-state index contributed by atoms with van der Waals surface area (Å²) in [5.74, 6) is 0. The van der Waals surface area contributed by atoms with E-state index in [0.29, 0.717) is 6.42 Å². The zero-order valence-electron chi connectivity index (χ0n) is 9.02. The van der Waals surface area contributed by atoms with Gasteiger partial charge in [0.25, 0.3) is 0 Å². The van der Waals surface area contributed by atoms with Crippen LogP contribution in [0, 0.1) is 0 Å². The average molecular weight is 262 g/mol. The summed E-state index contributed by atoms with van der Waals surface area (Å²) < 4.78 is 38.5. The Kier molecular flexibility index (Phi) is 3.43. The number of hydrogen-bond acceptors (Lipinski definition) is 1. The second kappa shape index (κ2) is 4.69. The first kappa shape index (κ1) is 12.4. The minimum atomic E-state index is -4.38. The van der Waals surface area contributed by atoms with E-state index in [1.54, 1.807) is 0 Å². The normalized spacial score (nSPS) is 16.8. The van der Waals surface area contributed by atoms with Crippen molar-refractivity contribution in [2.75, 3.05) is 0 Å². The molecule has 0 fully saturated rings. The van der Waals surface area contributed by atoms with Gasteiger partial charge >= 0.3 is 6.18 Å². The van der Waals surface area contributed by atoms with Crippen LogP contribution in [0.1, 0.15) is 36.8 Å². The number of alkyl halides is 3. The highest BCUT2D eigenvalue weighted by Gasteiger charge is 2.34. The van der Waals surface area contributed by atoms with Crippen molar-refractivity contribution in [1.82, 2.24) is 4.98 Å². The Balaban J connectivity index is 2.50. The summed E-state index contributed by atoms with van der Waals surface area (Å²) >= 11 is 5.68. The molecule has 0 N–H and O–H groups in total. The van der Waals surface area contributed by atoms with Gasteiger partial charge in [0.15, 0.2) is 0 Å². The first-order chi connectivity index (χ1) is 7.98. The van der Waals surface area contributed by atoms with E-state index in [9.17, 15) is 13.2 Å². The fraction of sp³-hybridized carbons (Fsp3) is 0.417. The molecule has 0 bridgehead atoms. The Morgan fingerprint density at radius 3 is 2.59 bits per heavy atom. The summed E-state index contributed by atoms with van der Waals surface area (Å²) in [6.07, 6.45) is 1.74. The molecule has 0 unspecified atom stereocenters. The van der Waals surface area contributed by atoms with Crippen LogP contribution in [0.5, 0.6) is 0 Å². The van der Waals surface area contributed by atoms with Gasteiger partial charge in [-0.1, -0.05) is 17.7 Å². The number of nitrogens with zero attached hydrogens (tertiary/aromatic N) is 1. The van der Waals surface area contributed by atoms with Crippen molar-refractivity contribution in [2.24, 2.45) is 0 Å². The quantitative estimate of drug-likeness (QED) is 0.667. The molecule has 1 aromatic heterocycles. The lowest BCUT2D eigenvalue weighted by atomic mass is 9.91. The van der Waals surface area contributed by atoms with Crippen LogP contribution < -0.4 is 0 Å². The molecule has 1 aliphatic rings. The van der Waals surface area contributed by atoms with Crippen LogP contribution in [0.3, 0.4) is 0 Å². The molecule has 0 aromatic carbocycles. The molecule has 17 heavy (non-hydrogen) atoms. The molecule has 5 heteroatoms. The van der Waals surface area contributed by atoms with Gasteiger partial charge in [-0.05, 0) is 42.9 Å². The lowest BCUT2D eigenvalue weighted by molar-refractivity contribution is -0.138. The topological polar surface area (TPSA) is 12.9 Å². The largest absolute Gasteiger partial charge is 0.418 e. The van der Waals surface area contributed by atoms with E-state index in [2.05, 4.69) is 4.98 Å². The Morgan fingerprint density at radius 2 is 2.00 bits per heavy atom. The van der Waals surface area contributed by atoms with Crippen molar-refractivity contribution in [2.45, 2.75) is 31.9 Å². The van der Waals surface area contributed by atoms with Gasteiger partial charge in [-0.2, -0.15) is 13.2 Å². The lowest BCUT2D eigenvalue weighted by Crippen LogP contribution is -2.10. The third-order valence-electron chi connectivity index (χ3n) is 2.81. The molecule has 0 atom stereocenters. The van der Waals surface area contributed by atoms with E-state index in [1.165, 1.54) is 6.07 Å². The van der Waals surface area contributed by atoms with Crippen LogP contribution in [-0.2, 0) is 6.18 Å². The molecule has 0 amide bonds.